The maximum atomic E-state index is 5.25. The van der Waals surface area contributed by atoms with Crippen molar-refractivity contribution in [3.63, 3.8) is 0 Å². The van der Waals surface area contributed by atoms with Gasteiger partial charge in [0.05, 0.1) is 20.2 Å². The van der Waals surface area contributed by atoms with Gasteiger partial charge in [-0.2, -0.15) is 5.10 Å². The van der Waals surface area contributed by atoms with E-state index in [0.29, 0.717) is 19.0 Å². The molecule has 0 unspecified atom stereocenters. The highest BCUT2D eigenvalue weighted by Gasteiger charge is 2.24. The molecule has 0 amide bonds. The van der Waals surface area contributed by atoms with E-state index in [-0.39, 0.29) is 0 Å². The molecule has 3 heterocycles. The first-order chi connectivity index (χ1) is 15.1. The number of rotatable bonds is 6. The number of ether oxygens (including phenoxy) is 1. The van der Waals surface area contributed by atoms with Crippen molar-refractivity contribution in [1.29, 1.82) is 0 Å². The van der Waals surface area contributed by atoms with E-state index in [2.05, 4.69) is 35.6 Å². The third kappa shape index (κ3) is 5.01. The first kappa shape index (κ1) is 20.8. The van der Waals surface area contributed by atoms with Crippen LogP contribution in [0.25, 0.3) is 0 Å². The number of hydrogen-bond donors (Lipinski definition) is 2. The van der Waals surface area contributed by atoms with Gasteiger partial charge in [0.25, 0.3) is 0 Å². The molecule has 0 radical (unpaired) electrons. The Bertz CT molecular complexity index is 987. The van der Waals surface area contributed by atoms with Gasteiger partial charge in [-0.15, -0.1) is 10.2 Å². The summed E-state index contributed by atoms with van der Waals surface area (Å²) in [6.07, 6.45) is 3.58. The van der Waals surface area contributed by atoms with Crippen LogP contribution in [-0.4, -0.2) is 61.0 Å². The Morgan fingerprint density at radius 3 is 2.61 bits per heavy atom. The summed E-state index contributed by atoms with van der Waals surface area (Å²) in [5.74, 6) is 4.88. The molecule has 0 bridgehead atoms. The lowest BCUT2D eigenvalue weighted by Crippen LogP contribution is -2.45. The van der Waals surface area contributed by atoms with E-state index in [4.69, 9.17) is 9.73 Å². The standard InChI is InChI=1S/C21H29N9O/c1-15-26-27-19(29(15)2)13-23-21(22-12-16-4-6-18(31-3)7-5-16)30-10-8-17(9-11-30)20-24-14-25-28-20/h4-7,14,17H,8-13H2,1-3H3,(H,22,23)(H,24,25,28). The summed E-state index contributed by atoms with van der Waals surface area (Å²) in [6, 6.07) is 8.01. The quantitative estimate of drug-likeness (QED) is 0.459. The lowest BCUT2D eigenvalue weighted by molar-refractivity contribution is 0.298. The third-order valence-corrected chi connectivity index (χ3v) is 5.77. The van der Waals surface area contributed by atoms with Crippen LogP contribution in [0.2, 0.25) is 0 Å². The highest BCUT2D eigenvalue weighted by molar-refractivity contribution is 5.80. The first-order valence-corrected chi connectivity index (χ1v) is 10.5. The van der Waals surface area contributed by atoms with Crippen LogP contribution in [0.5, 0.6) is 5.75 Å². The Labute approximate surface area is 181 Å². The number of aryl methyl sites for hydroxylation is 1. The Hall–Kier alpha value is -3.43. The number of benzene rings is 1. The lowest BCUT2D eigenvalue weighted by Gasteiger charge is -2.33. The minimum Gasteiger partial charge on any atom is -0.497 e. The van der Waals surface area contributed by atoms with Crippen molar-refractivity contribution >= 4 is 5.96 Å². The molecule has 2 aromatic heterocycles. The summed E-state index contributed by atoms with van der Waals surface area (Å²) >= 11 is 0. The van der Waals surface area contributed by atoms with Crippen molar-refractivity contribution in [3.05, 3.63) is 53.6 Å². The molecule has 164 valence electrons. The van der Waals surface area contributed by atoms with Gasteiger partial charge >= 0.3 is 0 Å². The Morgan fingerprint density at radius 1 is 1.23 bits per heavy atom. The molecule has 3 aromatic rings. The van der Waals surface area contributed by atoms with Crippen molar-refractivity contribution in [1.82, 2.24) is 40.2 Å². The number of aliphatic imine (C=N–C) groups is 1. The summed E-state index contributed by atoms with van der Waals surface area (Å²) in [5.41, 5.74) is 1.13. The molecule has 0 saturated carbocycles. The summed E-state index contributed by atoms with van der Waals surface area (Å²) in [7, 11) is 3.65. The maximum absolute atomic E-state index is 5.25. The predicted octanol–water partition coefficient (Wildman–Crippen LogP) is 1.78. The largest absolute Gasteiger partial charge is 0.497 e. The number of aromatic amines is 1. The molecule has 31 heavy (non-hydrogen) atoms. The summed E-state index contributed by atoms with van der Waals surface area (Å²) in [6.45, 7) is 4.91. The molecule has 1 aliphatic rings. The maximum Gasteiger partial charge on any atom is 0.194 e. The number of likely N-dealkylation sites (tertiary alicyclic amines) is 1. The van der Waals surface area contributed by atoms with E-state index in [0.717, 1.165) is 60.7 Å². The van der Waals surface area contributed by atoms with Crippen LogP contribution in [0, 0.1) is 6.92 Å². The fourth-order valence-corrected chi connectivity index (χ4v) is 3.70. The number of H-pyrrole nitrogens is 1. The molecule has 2 N–H and O–H groups in total. The number of guanidine groups is 1. The molecular formula is C21H29N9O. The Kier molecular flexibility index (Phi) is 6.44. The second-order valence-corrected chi connectivity index (χ2v) is 7.70. The zero-order valence-electron chi connectivity index (χ0n) is 18.2. The van der Waals surface area contributed by atoms with Crippen LogP contribution >= 0.6 is 0 Å². The predicted molar refractivity (Wildman–Crippen MR) is 117 cm³/mol. The molecule has 10 nitrogen and oxygen atoms in total. The average molecular weight is 424 g/mol. The van der Waals surface area contributed by atoms with Gasteiger partial charge in [-0.1, -0.05) is 12.1 Å². The normalized spacial score (nSPS) is 15.3. The summed E-state index contributed by atoms with van der Waals surface area (Å²) in [4.78, 5) is 11.5. The monoisotopic (exact) mass is 423 g/mol. The van der Waals surface area contributed by atoms with Crippen LogP contribution in [0.3, 0.4) is 0 Å². The van der Waals surface area contributed by atoms with Crippen molar-refractivity contribution < 1.29 is 4.74 Å². The van der Waals surface area contributed by atoms with E-state index >= 15 is 0 Å². The van der Waals surface area contributed by atoms with Gasteiger partial charge in [0.15, 0.2) is 11.8 Å². The van der Waals surface area contributed by atoms with E-state index in [1.165, 1.54) is 0 Å². The number of nitrogens with one attached hydrogen (secondary N) is 2. The number of hydrogen-bond acceptors (Lipinski definition) is 6. The second kappa shape index (κ2) is 9.59. The zero-order valence-corrected chi connectivity index (χ0v) is 18.2. The number of aromatic nitrogens is 6. The molecule has 0 spiro atoms. The fraction of sp³-hybridized carbons (Fsp3) is 0.476. The van der Waals surface area contributed by atoms with Gasteiger partial charge in [-0.25, -0.2) is 9.98 Å². The minimum atomic E-state index is 0.406. The fourth-order valence-electron chi connectivity index (χ4n) is 3.70. The van der Waals surface area contributed by atoms with Gasteiger partial charge in [0.1, 0.15) is 23.7 Å². The third-order valence-electron chi connectivity index (χ3n) is 5.77. The van der Waals surface area contributed by atoms with Crippen molar-refractivity contribution in [2.45, 2.75) is 38.8 Å². The second-order valence-electron chi connectivity index (χ2n) is 7.70. The van der Waals surface area contributed by atoms with Crippen LogP contribution in [0.1, 0.15) is 41.8 Å². The minimum absolute atomic E-state index is 0.406. The first-order valence-electron chi connectivity index (χ1n) is 10.5. The number of methoxy groups -OCH3 is 1. The smallest absolute Gasteiger partial charge is 0.194 e. The molecule has 1 aliphatic heterocycles. The Balaban J connectivity index is 1.45. The van der Waals surface area contributed by atoms with Crippen molar-refractivity contribution in [2.75, 3.05) is 20.2 Å². The van der Waals surface area contributed by atoms with Crippen molar-refractivity contribution in [2.24, 2.45) is 12.0 Å². The lowest BCUT2D eigenvalue weighted by atomic mass is 9.96. The highest BCUT2D eigenvalue weighted by Crippen LogP contribution is 2.25. The summed E-state index contributed by atoms with van der Waals surface area (Å²) < 4.78 is 7.24. The van der Waals surface area contributed by atoms with Crippen molar-refractivity contribution in [3.8, 4) is 5.75 Å². The molecule has 0 aliphatic carbocycles. The molecule has 4 rings (SSSR count). The van der Waals surface area contributed by atoms with Gasteiger partial charge in [-0.05, 0) is 37.5 Å². The number of piperidine rings is 1. The number of nitrogens with zero attached hydrogens (tertiary/aromatic N) is 7. The SMILES string of the molecule is COc1ccc(CN=C(NCc2nnc(C)n2C)N2CCC(c3ncn[nH]3)CC2)cc1. The Morgan fingerprint density at radius 2 is 2.00 bits per heavy atom. The molecular weight excluding hydrogens is 394 g/mol. The molecule has 10 heteroatoms. The van der Waals surface area contributed by atoms with E-state index in [1.54, 1.807) is 13.4 Å². The van der Waals surface area contributed by atoms with Gasteiger partial charge in [-0.3, -0.25) is 5.10 Å². The van der Waals surface area contributed by atoms with Gasteiger partial charge < -0.3 is 19.5 Å². The molecule has 0 atom stereocenters. The van der Waals surface area contributed by atoms with Gasteiger partial charge in [0, 0.05) is 26.1 Å². The highest BCUT2D eigenvalue weighted by atomic mass is 16.5. The van der Waals surface area contributed by atoms with Crippen LogP contribution in [-0.2, 0) is 20.1 Å². The van der Waals surface area contributed by atoms with E-state index in [1.807, 2.05) is 42.8 Å². The molecule has 1 aromatic carbocycles. The molecule has 1 fully saturated rings. The van der Waals surface area contributed by atoms with Crippen LogP contribution in [0.4, 0.5) is 0 Å². The zero-order chi connectivity index (χ0) is 21.6. The summed E-state index contributed by atoms with van der Waals surface area (Å²) in [5, 5.41) is 18.9. The van der Waals surface area contributed by atoms with Crippen LogP contribution < -0.4 is 10.1 Å². The van der Waals surface area contributed by atoms with E-state index in [9.17, 15) is 0 Å². The van der Waals surface area contributed by atoms with Crippen LogP contribution in [0.15, 0.2) is 35.6 Å². The average Bonchev–Trinajstić information content (AvgIpc) is 3.46. The topological polar surface area (TPSA) is 109 Å². The molecule has 1 saturated heterocycles. The van der Waals surface area contributed by atoms with E-state index < -0.39 is 0 Å². The van der Waals surface area contributed by atoms with Gasteiger partial charge in [0.2, 0.25) is 0 Å².